The van der Waals surface area contributed by atoms with Gasteiger partial charge in [0.15, 0.2) is 0 Å². The molecule has 40 valence electrons. The highest BCUT2D eigenvalue weighted by atomic mass is 16.6. The monoisotopic (exact) mass is 106 g/mol. The molecule has 7 heavy (non-hydrogen) atoms. The van der Waals surface area contributed by atoms with Gasteiger partial charge in [0.2, 0.25) is 0 Å². The molecule has 0 rings (SSSR count). The van der Waals surface area contributed by atoms with Crippen LogP contribution in [0.15, 0.2) is 0 Å². The predicted molar refractivity (Wildman–Crippen MR) is 19.9 cm³/mol. The highest BCUT2D eigenvalue weighted by Gasteiger charge is 2.01. The molecule has 4 nitrogen and oxygen atoms in total. The van der Waals surface area contributed by atoms with Crippen LogP contribution < -0.4 is 0 Å². The fraction of sp³-hybridized carbons (Fsp3) is 0.333. The summed E-state index contributed by atoms with van der Waals surface area (Å²) in [6, 6.07) is 0. The normalized spacial score (nSPS) is 8.00. The Morgan fingerprint density at radius 1 is 1.71 bits per heavy atom. The van der Waals surface area contributed by atoms with E-state index in [2.05, 4.69) is 0 Å². The topological polar surface area (TPSA) is 74.6 Å². The molecule has 0 radical (unpaired) electrons. The number of carbonyl (C=O) groups is 2. The Morgan fingerprint density at radius 2 is 2.14 bits per heavy atom. The summed E-state index contributed by atoms with van der Waals surface area (Å²) in [4.78, 5) is 18.9. The highest BCUT2D eigenvalue weighted by molar-refractivity contribution is 5.88. The Kier molecular flexibility index (Phi) is 1.84. The van der Waals surface area contributed by atoms with Gasteiger partial charge >= 0.3 is 11.9 Å². The van der Waals surface area contributed by atoms with E-state index in [1.807, 2.05) is 0 Å². The van der Waals surface area contributed by atoms with Gasteiger partial charge in [-0.25, -0.2) is 0 Å². The third-order valence-electron chi connectivity index (χ3n) is 0.302. The zero-order chi connectivity index (χ0) is 5.86. The molecule has 0 spiro atoms. The molecule has 0 aromatic rings. The Labute approximate surface area is 39.4 Å². The first kappa shape index (κ1) is 5.94. The van der Waals surface area contributed by atoms with Crippen molar-refractivity contribution in [1.82, 2.24) is 0 Å². The second-order valence-electron chi connectivity index (χ2n) is 0.964. The van der Waals surface area contributed by atoms with Crippen LogP contribution in [-0.2, 0) is 9.59 Å². The number of hydrogen-bond donors (Lipinski definition) is 2. The molecule has 0 fully saturated rings. The quantitative estimate of drug-likeness (QED) is 0.467. The van der Waals surface area contributed by atoms with Crippen LogP contribution in [0.3, 0.4) is 0 Å². The van der Waals surface area contributed by atoms with Crippen molar-refractivity contribution in [1.29, 1.82) is 0 Å². The highest BCUT2D eigenvalue weighted by Crippen LogP contribution is 1.74. The molecule has 0 saturated carbocycles. The Hall–Kier alpha value is -1.06. The van der Waals surface area contributed by atoms with Crippen LogP contribution in [-0.4, -0.2) is 22.2 Å². The molecular weight excluding hydrogens is 102 g/mol. The number of rotatable bonds is 2. The van der Waals surface area contributed by atoms with Crippen LogP contribution in [0, 0.1) is 0 Å². The molecule has 0 aromatic heterocycles. The first-order chi connectivity index (χ1) is 3.13. The van der Waals surface area contributed by atoms with Gasteiger partial charge in [-0.15, -0.1) is 0 Å². The van der Waals surface area contributed by atoms with Crippen molar-refractivity contribution in [2.75, 3.05) is 0 Å². The fourth-order valence-electron chi connectivity index (χ4n) is 0.129. The van der Waals surface area contributed by atoms with Crippen molar-refractivity contribution in [3.8, 4) is 0 Å². The third kappa shape index (κ3) is 4.94. The molecule has 0 aliphatic carbocycles. The van der Waals surface area contributed by atoms with E-state index in [1.165, 1.54) is 0 Å². The minimum absolute atomic E-state index is 0.806. The lowest BCUT2D eigenvalue weighted by atomic mass is 10.7. The number of carboxylic acids is 2. The summed E-state index contributed by atoms with van der Waals surface area (Å²) in [6.45, 7) is 0. The summed E-state index contributed by atoms with van der Waals surface area (Å²) >= 11 is 0. The van der Waals surface area contributed by atoms with E-state index in [0.29, 0.717) is 0 Å². The van der Waals surface area contributed by atoms with Crippen LogP contribution >= 0.6 is 0 Å². The molecule has 0 aromatic carbocycles. The number of carboxylic acid groups (broad SMARTS) is 2. The first-order valence-electron chi connectivity index (χ1n) is 1.56. The van der Waals surface area contributed by atoms with Gasteiger partial charge in [0.1, 0.15) is 6.42 Å². The molecule has 0 heterocycles. The van der Waals surface area contributed by atoms with Gasteiger partial charge in [0.05, 0.1) is 0 Å². The van der Waals surface area contributed by atoms with Crippen molar-refractivity contribution < 1.29 is 19.8 Å². The third-order valence-corrected chi connectivity index (χ3v) is 0.302. The summed E-state index contributed by atoms with van der Waals surface area (Å²) in [5.74, 6) is -2.62. The molecule has 0 saturated heterocycles. The SMILES string of the molecule is O=C(O)C[14C](=O)O. The van der Waals surface area contributed by atoms with E-state index in [4.69, 9.17) is 10.2 Å². The summed E-state index contributed by atoms with van der Waals surface area (Å²) in [7, 11) is 0. The van der Waals surface area contributed by atoms with Gasteiger partial charge in [-0.2, -0.15) is 0 Å². The van der Waals surface area contributed by atoms with Crippen molar-refractivity contribution in [2.45, 2.75) is 6.42 Å². The number of hydrogen-bond acceptors (Lipinski definition) is 2. The van der Waals surface area contributed by atoms with Crippen LogP contribution in [0.1, 0.15) is 6.42 Å². The van der Waals surface area contributed by atoms with Crippen molar-refractivity contribution in [3.05, 3.63) is 0 Å². The lowest BCUT2D eigenvalue weighted by Gasteiger charge is -1.80. The van der Waals surface area contributed by atoms with Crippen LogP contribution in [0.5, 0.6) is 0 Å². The Bertz CT molecular complexity index is 83.1. The average molecular weight is 106 g/mol. The standard InChI is InChI=1S/C3H4O4/c4-2(5)1-3(6)7/h1H2,(H,4,5)(H,6,7)/i2+2. The Balaban J connectivity index is 3.32. The van der Waals surface area contributed by atoms with Gasteiger partial charge in [-0.1, -0.05) is 0 Å². The van der Waals surface area contributed by atoms with Crippen LogP contribution in [0.2, 0.25) is 0 Å². The lowest BCUT2D eigenvalue weighted by molar-refractivity contribution is -0.147. The smallest absolute Gasteiger partial charge is 0.314 e. The Morgan fingerprint density at radius 3 is 2.14 bits per heavy atom. The minimum Gasteiger partial charge on any atom is -0.481 e. The summed E-state index contributed by atoms with van der Waals surface area (Å²) in [5.41, 5.74) is 0. The molecular formula is C3H4O4. The number of aliphatic carboxylic acids is 2. The maximum absolute atomic E-state index is 9.43. The van der Waals surface area contributed by atoms with Crippen molar-refractivity contribution in [3.63, 3.8) is 0 Å². The molecule has 0 amide bonds. The van der Waals surface area contributed by atoms with E-state index < -0.39 is 18.4 Å². The average Bonchev–Trinajstić information content (AvgIpc) is 1.27. The van der Waals surface area contributed by atoms with Crippen LogP contribution in [0.25, 0.3) is 0 Å². The van der Waals surface area contributed by atoms with E-state index >= 15 is 0 Å². The van der Waals surface area contributed by atoms with Crippen LogP contribution in [0.4, 0.5) is 0 Å². The maximum Gasteiger partial charge on any atom is 0.314 e. The van der Waals surface area contributed by atoms with Crippen molar-refractivity contribution >= 4 is 11.9 Å². The fourth-order valence-corrected chi connectivity index (χ4v) is 0.129. The van der Waals surface area contributed by atoms with Gasteiger partial charge < -0.3 is 10.2 Å². The zero-order valence-electron chi connectivity index (χ0n) is 3.42. The van der Waals surface area contributed by atoms with E-state index in [-0.39, 0.29) is 0 Å². The van der Waals surface area contributed by atoms with Gasteiger partial charge in [-0.05, 0) is 0 Å². The minimum atomic E-state index is -1.31. The zero-order valence-corrected chi connectivity index (χ0v) is 3.42. The molecule has 0 atom stereocenters. The molecule has 0 aliphatic heterocycles. The van der Waals surface area contributed by atoms with Gasteiger partial charge in [0.25, 0.3) is 0 Å². The molecule has 2 N–H and O–H groups in total. The van der Waals surface area contributed by atoms with E-state index in [1.54, 1.807) is 0 Å². The van der Waals surface area contributed by atoms with E-state index in [9.17, 15) is 9.59 Å². The molecule has 4 heteroatoms. The molecule has 0 unspecified atom stereocenters. The molecule has 0 bridgehead atoms. The predicted octanol–water partition coefficient (Wildman–Crippen LogP) is -0.454. The van der Waals surface area contributed by atoms with Gasteiger partial charge in [0, 0.05) is 0 Å². The maximum atomic E-state index is 9.43. The molecule has 0 aliphatic rings. The second kappa shape index (κ2) is 2.17. The largest absolute Gasteiger partial charge is 0.481 e. The second-order valence-corrected chi connectivity index (χ2v) is 0.964. The van der Waals surface area contributed by atoms with Crippen molar-refractivity contribution in [2.24, 2.45) is 0 Å². The summed E-state index contributed by atoms with van der Waals surface area (Å²) in [5, 5.41) is 15.4. The summed E-state index contributed by atoms with van der Waals surface area (Å²) < 4.78 is 0. The summed E-state index contributed by atoms with van der Waals surface area (Å²) in [6.07, 6.45) is -0.806. The first-order valence-corrected chi connectivity index (χ1v) is 1.56. The lowest BCUT2D eigenvalue weighted by Crippen LogP contribution is -2.03. The van der Waals surface area contributed by atoms with Gasteiger partial charge in [-0.3, -0.25) is 9.59 Å². The van der Waals surface area contributed by atoms with E-state index in [0.717, 1.165) is 0 Å².